The highest BCUT2D eigenvalue weighted by Crippen LogP contribution is 2.22. The van der Waals surface area contributed by atoms with Crippen molar-refractivity contribution in [3.8, 4) is 0 Å². The fourth-order valence-electron chi connectivity index (χ4n) is 2.01. The molecule has 0 atom stereocenters. The Morgan fingerprint density at radius 3 is 2.16 bits per heavy atom. The molecule has 1 rings (SSSR count). The zero-order chi connectivity index (χ0) is 14.3. The number of para-hydroxylation sites is 1. The predicted octanol–water partition coefficient (Wildman–Crippen LogP) is 3.00. The summed E-state index contributed by atoms with van der Waals surface area (Å²) in [7, 11) is 0. The van der Waals surface area contributed by atoms with E-state index in [1.54, 1.807) is 0 Å². The molecule has 104 valence electrons. The zero-order valence-electron chi connectivity index (χ0n) is 11.5. The average Bonchev–Trinajstić information content (AvgIpc) is 2.38. The Bertz CT molecular complexity index is 432. The Hall–Kier alpha value is -1.84. The summed E-state index contributed by atoms with van der Waals surface area (Å²) in [6.07, 6.45) is 2.37. The van der Waals surface area contributed by atoms with Crippen molar-refractivity contribution in [3.63, 3.8) is 0 Å². The van der Waals surface area contributed by atoms with Crippen molar-refractivity contribution in [2.75, 3.05) is 5.32 Å². The van der Waals surface area contributed by atoms with Crippen LogP contribution in [0.25, 0.3) is 0 Å². The molecule has 1 aromatic rings. The van der Waals surface area contributed by atoms with Gasteiger partial charge in [0.05, 0.1) is 0 Å². The summed E-state index contributed by atoms with van der Waals surface area (Å²) >= 11 is 0. The first kappa shape index (κ1) is 15.2. The number of hydrogen-bond donors (Lipinski definition) is 2. The van der Waals surface area contributed by atoms with Gasteiger partial charge < -0.3 is 10.4 Å². The average molecular weight is 263 g/mol. The number of hydrogen-bond acceptors (Lipinski definition) is 2. The Kier molecular flexibility index (Phi) is 6.06. The van der Waals surface area contributed by atoms with Crippen molar-refractivity contribution < 1.29 is 14.7 Å². The summed E-state index contributed by atoms with van der Waals surface area (Å²) in [5.41, 5.74) is 3.13. The van der Waals surface area contributed by atoms with Crippen LogP contribution in [-0.4, -0.2) is 17.0 Å². The second-order valence-electron chi connectivity index (χ2n) is 4.45. The number of carbonyl (C=O) groups excluding carboxylic acids is 1. The van der Waals surface area contributed by atoms with Crippen LogP contribution in [0, 0.1) is 0 Å². The zero-order valence-corrected chi connectivity index (χ0v) is 11.5. The molecule has 0 aliphatic carbocycles. The van der Waals surface area contributed by atoms with Gasteiger partial charge in [-0.05, 0) is 30.4 Å². The second-order valence-corrected chi connectivity index (χ2v) is 4.45. The number of amides is 1. The third-order valence-corrected chi connectivity index (χ3v) is 3.06. The van der Waals surface area contributed by atoms with Crippen LogP contribution in [0.2, 0.25) is 0 Å². The molecule has 0 unspecified atom stereocenters. The van der Waals surface area contributed by atoms with Crippen molar-refractivity contribution in [2.45, 2.75) is 46.0 Å². The fraction of sp³-hybridized carbons (Fsp3) is 0.467. The van der Waals surface area contributed by atoms with Crippen molar-refractivity contribution in [2.24, 2.45) is 0 Å². The van der Waals surface area contributed by atoms with E-state index in [0.29, 0.717) is 6.42 Å². The lowest BCUT2D eigenvalue weighted by Gasteiger charge is -2.14. The highest BCUT2D eigenvalue weighted by Gasteiger charge is 2.10. The number of aliphatic carboxylic acids is 1. The third kappa shape index (κ3) is 4.73. The molecule has 0 saturated heterocycles. The van der Waals surface area contributed by atoms with Gasteiger partial charge >= 0.3 is 5.97 Å². The molecule has 1 amide bonds. The van der Waals surface area contributed by atoms with E-state index in [2.05, 4.69) is 19.2 Å². The maximum Gasteiger partial charge on any atom is 0.303 e. The normalized spacial score (nSPS) is 10.2. The number of carboxylic acids is 1. The minimum absolute atomic E-state index is 0.0312. The Morgan fingerprint density at radius 1 is 1.11 bits per heavy atom. The number of benzene rings is 1. The van der Waals surface area contributed by atoms with Crippen molar-refractivity contribution in [1.82, 2.24) is 0 Å². The Morgan fingerprint density at radius 2 is 1.68 bits per heavy atom. The highest BCUT2D eigenvalue weighted by molar-refractivity contribution is 5.92. The molecule has 4 heteroatoms. The van der Waals surface area contributed by atoms with Crippen LogP contribution in [0.1, 0.15) is 44.2 Å². The molecular formula is C15H21NO3. The van der Waals surface area contributed by atoms with Crippen molar-refractivity contribution in [1.29, 1.82) is 0 Å². The molecule has 19 heavy (non-hydrogen) atoms. The Labute approximate surface area is 113 Å². The number of rotatable bonds is 7. The standard InChI is InChI=1S/C15H21NO3/c1-3-11-7-5-8-12(4-2)15(11)16-13(17)9-6-10-14(18)19/h5,7-8H,3-4,6,9-10H2,1-2H3,(H,16,17)(H,18,19). The molecule has 0 radical (unpaired) electrons. The van der Waals surface area contributed by atoms with Crippen LogP contribution >= 0.6 is 0 Å². The largest absolute Gasteiger partial charge is 0.481 e. The molecule has 2 N–H and O–H groups in total. The van der Waals surface area contributed by atoms with Gasteiger partial charge in [-0.2, -0.15) is 0 Å². The summed E-state index contributed by atoms with van der Waals surface area (Å²) in [5.74, 6) is -0.979. The maximum absolute atomic E-state index is 11.8. The number of anilines is 1. The lowest BCUT2D eigenvalue weighted by molar-refractivity contribution is -0.137. The van der Waals surface area contributed by atoms with E-state index in [-0.39, 0.29) is 18.7 Å². The number of carbonyl (C=O) groups is 2. The van der Waals surface area contributed by atoms with Crippen molar-refractivity contribution >= 4 is 17.6 Å². The van der Waals surface area contributed by atoms with E-state index in [1.165, 1.54) is 0 Å². The number of aryl methyl sites for hydroxylation is 2. The van der Waals surface area contributed by atoms with Gasteiger partial charge in [0, 0.05) is 18.5 Å². The quantitative estimate of drug-likeness (QED) is 0.794. The van der Waals surface area contributed by atoms with E-state index in [9.17, 15) is 9.59 Å². The summed E-state index contributed by atoms with van der Waals surface area (Å²) in [5, 5.41) is 11.5. The van der Waals surface area contributed by atoms with Gasteiger partial charge in [0.15, 0.2) is 0 Å². The van der Waals surface area contributed by atoms with E-state index in [4.69, 9.17) is 5.11 Å². The smallest absolute Gasteiger partial charge is 0.303 e. The molecule has 1 aromatic carbocycles. The maximum atomic E-state index is 11.8. The molecule has 0 saturated carbocycles. The minimum Gasteiger partial charge on any atom is -0.481 e. The van der Waals surface area contributed by atoms with Gasteiger partial charge in [-0.3, -0.25) is 9.59 Å². The number of carboxylic acid groups (broad SMARTS) is 1. The van der Waals surface area contributed by atoms with Crippen molar-refractivity contribution in [3.05, 3.63) is 29.3 Å². The summed E-state index contributed by atoms with van der Waals surface area (Å²) < 4.78 is 0. The van der Waals surface area contributed by atoms with Crippen LogP contribution in [-0.2, 0) is 22.4 Å². The Balaban J connectivity index is 2.69. The summed E-state index contributed by atoms with van der Waals surface area (Å²) in [6, 6.07) is 6.01. The topological polar surface area (TPSA) is 66.4 Å². The monoisotopic (exact) mass is 263 g/mol. The molecule has 0 spiro atoms. The number of nitrogens with one attached hydrogen (secondary N) is 1. The lowest BCUT2D eigenvalue weighted by atomic mass is 10.0. The first-order valence-electron chi connectivity index (χ1n) is 6.70. The molecule has 0 aliphatic rings. The van der Waals surface area contributed by atoms with Crippen LogP contribution in [0.3, 0.4) is 0 Å². The van der Waals surface area contributed by atoms with E-state index in [0.717, 1.165) is 29.7 Å². The first-order chi connectivity index (χ1) is 9.08. The third-order valence-electron chi connectivity index (χ3n) is 3.06. The van der Waals surface area contributed by atoms with Crippen LogP contribution < -0.4 is 5.32 Å². The molecule has 0 aliphatic heterocycles. The van der Waals surface area contributed by atoms with Gasteiger partial charge in [-0.25, -0.2) is 0 Å². The second kappa shape index (κ2) is 7.56. The van der Waals surface area contributed by atoms with Crippen LogP contribution in [0.15, 0.2) is 18.2 Å². The molecule has 0 bridgehead atoms. The SMILES string of the molecule is CCc1cccc(CC)c1NC(=O)CCCC(=O)O. The molecule has 0 heterocycles. The molecule has 4 nitrogen and oxygen atoms in total. The fourth-order valence-corrected chi connectivity index (χ4v) is 2.01. The van der Waals surface area contributed by atoms with E-state index >= 15 is 0 Å². The van der Waals surface area contributed by atoms with E-state index in [1.807, 2.05) is 18.2 Å². The van der Waals surface area contributed by atoms with Gasteiger partial charge in [-0.1, -0.05) is 32.0 Å². The van der Waals surface area contributed by atoms with Crippen LogP contribution in [0.5, 0.6) is 0 Å². The highest BCUT2D eigenvalue weighted by atomic mass is 16.4. The predicted molar refractivity (Wildman–Crippen MR) is 75.3 cm³/mol. The van der Waals surface area contributed by atoms with Gasteiger partial charge in [0.25, 0.3) is 0 Å². The first-order valence-corrected chi connectivity index (χ1v) is 6.70. The molecule has 0 fully saturated rings. The lowest BCUT2D eigenvalue weighted by Crippen LogP contribution is -2.14. The van der Waals surface area contributed by atoms with E-state index < -0.39 is 5.97 Å². The summed E-state index contributed by atoms with van der Waals surface area (Å²) in [6.45, 7) is 4.10. The van der Waals surface area contributed by atoms with Gasteiger partial charge in [0.1, 0.15) is 0 Å². The van der Waals surface area contributed by atoms with Gasteiger partial charge in [0.2, 0.25) is 5.91 Å². The summed E-state index contributed by atoms with van der Waals surface area (Å²) in [4.78, 5) is 22.2. The minimum atomic E-state index is -0.865. The molecular weight excluding hydrogens is 242 g/mol. The van der Waals surface area contributed by atoms with Crippen LogP contribution in [0.4, 0.5) is 5.69 Å². The van der Waals surface area contributed by atoms with Gasteiger partial charge in [-0.15, -0.1) is 0 Å². The molecule has 0 aromatic heterocycles.